The first-order valence-electron chi connectivity index (χ1n) is 5.77. The first-order valence-corrected chi connectivity index (χ1v) is 5.77. The molecule has 1 atom stereocenters. The van der Waals surface area contributed by atoms with E-state index >= 15 is 0 Å². The van der Waals surface area contributed by atoms with E-state index in [9.17, 15) is 9.59 Å². The van der Waals surface area contributed by atoms with Gasteiger partial charge in [0.15, 0.2) is 0 Å². The number of hydrogen-bond acceptors (Lipinski definition) is 2. The lowest BCUT2D eigenvalue weighted by Crippen LogP contribution is -2.53. The van der Waals surface area contributed by atoms with E-state index in [4.69, 9.17) is 5.11 Å². The summed E-state index contributed by atoms with van der Waals surface area (Å²) in [5.74, 6) is -1.05. The number of amides is 2. The summed E-state index contributed by atoms with van der Waals surface area (Å²) >= 11 is 0. The highest BCUT2D eigenvalue weighted by molar-refractivity contribution is 5.94. The average Bonchev–Trinajstić information content (AvgIpc) is 2.31. The molecule has 1 unspecified atom stereocenters. The lowest BCUT2D eigenvalue weighted by molar-refractivity contribution is -0.143. The zero-order chi connectivity index (χ0) is 13.8. The van der Waals surface area contributed by atoms with Gasteiger partial charge in [-0.05, 0) is 31.9 Å². The van der Waals surface area contributed by atoms with Crippen molar-refractivity contribution in [3.8, 4) is 0 Å². The van der Waals surface area contributed by atoms with Crippen LogP contribution >= 0.6 is 0 Å². The van der Waals surface area contributed by atoms with Gasteiger partial charge in [-0.1, -0.05) is 25.1 Å². The summed E-state index contributed by atoms with van der Waals surface area (Å²) in [6, 6.07) is 6.78. The van der Waals surface area contributed by atoms with Gasteiger partial charge in [-0.15, -0.1) is 0 Å². The van der Waals surface area contributed by atoms with Crippen LogP contribution in [0.25, 0.3) is 0 Å². The molecule has 5 nitrogen and oxygen atoms in total. The van der Waals surface area contributed by atoms with Gasteiger partial charge in [0, 0.05) is 5.69 Å². The minimum absolute atomic E-state index is 0.309. The number of nitrogens with one attached hydrogen (secondary N) is 2. The average molecular weight is 250 g/mol. The maximum absolute atomic E-state index is 11.8. The van der Waals surface area contributed by atoms with Crippen LogP contribution < -0.4 is 10.6 Å². The summed E-state index contributed by atoms with van der Waals surface area (Å²) in [5.41, 5.74) is 0.326. The highest BCUT2D eigenvalue weighted by atomic mass is 16.4. The standard InChI is InChI=1S/C13H18N2O3/c1-4-13(3,11(16)17)15-12(18)14-10-8-6-5-7-9(10)2/h5-8H,4H2,1-3H3,(H,16,17)(H2,14,15,18). The largest absolute Gasteiger partial charge is 0.480 e. The highest BCUT2D eigenvalue weighted by Crippen LogP contribution is 2.14. The normalized spacial score (nSPS) is 13.5. The molecule has 3 N–H and O–H groups in total. The quantitative estimate of drug-likeness (QED) is 0.767. The Bertz CT molecular complexity index is 459. The fraction of sp³-hybridized carbons (Fsp3) is 0.385. The third kappa shape index (κ3) is 3.23. The van der Waals surface area contributed by atoms with Crippen molar-refractivity contribution in [1.29, 1.82) is 0 Å². The Morgan fingerprint density at radius 3 is 2.44 bits per heavy atom. The first-order chi connectivity index (χ1) is 8.39. The molecule has 0 spiro atoms. The molecule has 0 fully saturated rings. The number of hydrogen-bond donors (Lipinski definition) is 3. The molecule has 0 saturated carbocycles. The van der Waals surface area contributed by atoms with Crippen molar-refractivity contribution in [2.24, 2.45) is 0 Å². The number of para-hydroxylation sites is 1. The van der Waals surface area contributed by atoms with E-state index in [1.165, 1.54) is 6.92 Å². The molecular weight excluding hydrogens is 232 g/mol. The molecule has 1 rings (SSSR count). The molecule has 1 aromatic rings. The Kier molecular flexibility index (Phi) is 4.31. The van der Waals surface area contributed by atoms with E-state index in [-0.39, 0.29) is 0 Å². The number of aliphatic carboxylic acids is 1. The van der Waals surface area contributed by atoms with Crippen molar-refractivity contribution >= 4 is 17.7 Å². The van der Waals surface area contributed by atoms with Crippen LogP contribution in [0.5, 0.6) is 0 Å². The van der Waals surface area contributed by atoms with Crippen LogP contribution in [-0.2, 0) is 4.79 Å². The Hall–Kier alpha value is -2.04. The molecule has 0 aromatic heterocycles. The van der Waals surface area contributed by atoms with E-state index < -0.39 is 17.5 Å². The third-order valence-corrected chi connectivity index (χ3v) is 2.96. The zero-order valence-electron chi connectivity index (χ0n) is 10.8. The number of carbonyl (C=O) groups is 2. The van der Waals surface area contributed by atoms with Crippen LogP contribution in [0.4, 0.5) is 10.5 Å². The van der Waals surface area contributed by atoms with Gasteiger partial charge in [0.1, 0.15) is 5.54 Å². The van der Waals surface area contributed by atoms with Crippen LogP contribution in [0, 0.1) is 6.92 Å². The summed E-state index contributed by atoms with van der Waals surface area (Å²) in [4.78, 5) is 22.8. The van der Waals surface area contributed by atoms with Crippen molar-refractivity contribution in [1.82, 2.24) is 5.32 Å². The lowest BCUT2D eigenvalue weighted by Gasteiger charge is -2.24. The second kappa shape index (κ2) is 5.53. The molecule has 1 aromatic carbocycles. The number of carboxylic acids is 1. The minimum atomic E-state index is -1.26. The molecule has 0 radical (unpaired) electrons. The molecule has 98 valence electrons. The van der Waals surface area contributed by atoms with Crippen LogP contribution in [0.1, 0.15) is 25.8 Å². The molecule has 0 aliphatic rings. The molecule has 18 heavy (non-hydrogen) atoms. The van der Waals surface area contributed by atoms with Crippen molar-refractivity contribution in [2.45, 2.75) is 32.7 Å². The molecule has 0 saturated heterocycles. The molecule has 0 aliphatic heterocycles. The highest BCUT2D eigenvalue weighted by Gasteiger charge is 2.32. The van der Waals surface area contributed by atoms with Crippen LogP contribution in [0.15, 0.2) is 24.3 Å². The van der Waals surface area contributed by atoms with E-state index in [2.05, 4.69) is 10.6 Å². The Labute approximate surface area is 106 Å². The van der Waals surface area contributed by atoms with Crippen molar-refractivity contribution in [3.05, 3.63) is 29.8 Å². The van der Waals surface area contributed by atoms with E-state index in [1.54, 1.807) is 19.1 Å². The van der Waals surface area contributed by atoms with Gasteiger partial charge in [0.25, 0.3) is 0 Å². The van der Waals surface area contributed by atoms with E-state index in [1.807, 2.05) is 19.1 Å². The number of rotatable bonds is 4. The number of carboxylic acid groups (broad SMARTS) is 1. The monoisotopic (exact) mass is 250 g/mol. The lowest BCUT2D eigenvalue weighted by atomic mass is 10.00. The van der Waals surface area contributed by atoms with Gasteiger partial charge in [0.05, 0.1) is 0 Å². The van der Waals surface area contributed by atoms with Crippen LogP contribution in [-0.4, -0.2) is 22.6 Å². The first kappa shape index (κ1) is 14.0. The second-order valence-electron chi connectivity index (χ2n) is 4.38. The van der Waals surface area contributed by atoms with Crippen LogP contribution in [0.2, 0.25) is 0 Å². The smallest absolute Gasteiger partial charge is 0.329 e. The zero-order valence-corrected chi connectivity index (χ0v) is 10.8. The maximum atomic E-state index is 11.8. The number of anilines is 1. The Morgan fingerprint density at radius 1 is 1.33 bits per heavy atom. The predicted molar refractivity (Wildman–Crippen MR) is 69.7 cm³/mol. The van der Waals surface area contributed by atoms with Gasteiger partial charge >= 0.3 is 12.0 Å². The fourth-order valence-corrected chi connectivity index (χ4v) is 1.41. The Morgan fingerprint density at radius 2 is 1.94 bits per heavy atom. The van der Waals surface area contributed by atoms with Gasteiger partial charge < -0.3 is 15.7 Å². The summed E-state index contributed by atoms with van der Waals surface area (Å²) in [6.07, 6.45) is 0.309. The number of aryl methyl sites for hydroxylation is 1. The summed E-state index contributed by atoms with van der Waals surface area (Å²) in [7, 11) is 0. The van der Waals surface area contributed by atoms with Crippen molar-refractivity contribution in [3.63, 3.8) is 0 Å². The van der Waals surface area contributed by atoms with Crippen LogP contribution in [0.3, 0.4) is 0 Å². The number of urea groups is 1. The van der Waals surface area contributed by atoms with Gasteiger partial charge in [0.2, 0.25) is 0 Å². The molecular formula is C13H18N2O3. The minimum Gasteiger partial charge on any atom is -0.480 e. The molecule has 5 heteroatoms. The molecule has 2 amide bonds. The van der Waals surface area contributed by atoms with Crippen molar-refractivity contribution < 1.29 is 14.7 Å². The van der Waals surface area contributed by atoms with Crippen molar-refractivity contribution in [2.75, 3.05) is 5.32 Å². The third-order valence-electron chi connectivity index (χ3n) is 2.96. The summed E-state index contributed by atoms with van der Waals surface area (Å²) < 4.78 is 0. The second-order valence-corrected chi connectivity index (χ2v) is 4.38. The Balaban J connectivity index is 2.73. The summed E-state index contributed by atoms with van der Waals surface area (Å²) in [5, 5.41) is 14.2. The predicted octanol–water partition coefficient (Wildman–Crippen LogP) is 2.37. The molecule has 0 bridgehead atoms. The number of carbonyl (C=O) groups excluding carboxylic acids is 1. The topological polar surface area (TPSA) is 78.4 Å². The van der Waals surface area contributed by atoms with E-state index in [0.29, 0.717) is 12.1 Å². The van der Waals surface area contributed by atoms with Gasteiger partial charge in [-0.2, -0.15) is 0 Å². The number of benzene rings is 1. The maximum Gasteiger partial charge on any atom is 0.329 e. The fourth-order valence-electron chi connectivity index (χ4n) is 1.41. The SMILES string of the molecule is CCC(C)(NC(=O)Nc1ccccc1C)C(=O)O. The van der Waals surface area contributed by atoms with E-state index in [0.717, 1.165) is 5.56 Å². The van der Waals surface area contributed by atoms with Gasteiger partial charge in [-0.25, -0.2) is 9.59 Å². The van der Waals surface area contributed by atoms with Gasteiger partial charge in [-0.3, -0.25) is 0 Å². The molecule has 0 aliphatic carbocycles. The molecule has 0 heterocycles. The summed E-state index contributed by atoms with van der Waals surface area (Å²) in [6.45, 7) is 5.06.